The van der Waals surface area contributed by atoms with Crippen LogP contribution in [0.15, 0.2) is 0 Å². The molecule has 1 nitrogen and oxygen atoms in total. The number of alkyl halides is 2. The maximum atomic E-state index is 9.13. The molecule has 1 rings (SSSR count). The van der Waals surface area contributed by atoms with Gasteiger partial charge in [0.05, 0.1) is 16.9 Å². The minimum atomic E-state index is -0.386. The molecular formula is C6H10Cl2O. The fourth-order valence-corrected chi connectivity index (χ4v) is 1.66. The topological polar surface area (TPSA) is 20.2 Å². The average molecular weight is 169 g/mol. The Balaban J connectivity index is 2.41. The highest BCUT2D eigenvalue weighted by molar-refractivity contribution is 6.30. The molecule has 3 heteroatoms. The Hall–Kier alpha value is 0.540. The van der Waals surface area contributed by atoms with Crippen molar-refractivity contribution in [1.29, 1.82) is 0 Å². The summed E-state index contributed by atoms with van der Waals surface area (Å²) >= 11 is 11.5. The normalized spacial score (nSPS) is 45.0. The Morgan fingerprint density at radius 1 is 1.22 bits per heavy atom. The highest BCUT2D eigenvalue weighted by Crippen LogP contribution is 2.27. The van der Waals surface area contributed by atoms with Crippen LogP contribution in [0.1, 0.15) is 19.3 Å². The van der Waals surface area contributed by atoms with Gasteiger partial charge in [0.1, 0.15) is 0 Å². The Bertz CT molecular complexity index is 87.1. The molecule has 1 fully saturated rings. The van der Waals surface area contributed by atoms with Gasteiger partial charge < -0.3 is 5.11 Å². The first-order valence-corrected chi connectivity index (χ1v) is 4.05. The fourth-order valence-electron chi connectivity index (χ4n) is 1.08. The molecule has 0 bridgehead atoms. The Kier molecular flexibility index (Phi) is 2.62. The zero-order chi connectivity index (χ0) is 6.85. The zero-order valence-corrected chi connectivity index (χ0v) is 6.57. The van der Waals surface area contributed by atoms with Crippen LogP contribution in [0, 0.1) is 0 Å². The number of rotatable bonds is 0. The van der Waals surface area contributed by atoms with Crippen LogP contribution < -0.4 is 0 Å². The van der Waals surface area contributed by atoms with Crippen molar-refractivity contribution in [2.24, 2.45) is 0 Å². The fraction of sp³-hybridized carbons (Fsp3) is 1.00. The first kappa shape index (κ1) is 7.64. The van der Waals surface area contributed by atoms with Gasteiger partial charge in [-0.05, 0) is 19.3 Å². The molecule has 0 aromatic carbocycles. The minimum absolute atomic E-state index is 0.0320. The first-order chi connectivity index (χ1) is 4.22. The lowest BCUT2D eigenvalue weighted by Crippen LogP contribution is -2.33. The lowest BCUT2D eigenvalue weighted by Gasteiger charge is -2.26. The van der Waals surface area contributed by atoms with E-state index in [0.29, 0.717) is 0 Å². The van der Waals surface area contributed by atoms with Crippen molar-refractivity contribution in [3.8, 4) is 0 Å². The van der Waals surface area contributed by atoms with Crippen LogP contribution in [0.4, 0.5) is 0 Å². The standard InChI is InChI=1S/C6H10Cl2O/c7-4-2-1-3-5(9)6(4)8/h4-6,9H,1-3H2/t4-,5?,6+/m1/s1. The molecule has 0 aliphatic heterocycles. The predicted octanol–water partition coefficient (Wildman–Crippen LogP) is 1.75. The van der Waals surface area contributed by atoms with E-state index in [1.807, 2.05) is 0 Å². The van der Waals surface area contributed by atoms with Crippen molar-refractivity contribution in [2.75, 3.05) is 0 Å². The van der Waals surface area contributed by atoms with Gasteiger partial charge in [0.2, 0.25) is 0 Å². The predicted molar refractivity (Wildman–Crippen MR) is 39.1 cm³/mol. The van der Waals surface area contributed by atoms with Gasteiger partial charge in [-0.1, -0.05) is 0 Å². The molecule has 1 aliphatic rings. The molecule has 0 radical (unpaired) electrons. The van der Waals surface area contributed by atoms with Gasteiger partial charge in [-0.15, -0.1) is 23.2 Å². The van der Waals surface area contributed by atoms with Gasteiger partial charge in [0, 0.05) is 0 Å². The lowest BCUT2D eigenvalue weighted by atomic mass is 9.97. The Morgan fingerprint density at radius 2 is 1.89 bits per heavy atom. The van der Waals surface area contributed by atoms with Crippen LogP contribution in [0.3, 0.4) is 0 Å². The summed E-state index contributed by atoms with van der Waals surface area (Å²) in [5.74, 6) is 0. The maximum absolute atomic E-state index is 9.13. The largest absolute Gasteiger partial charge is 0.392 e. The molecule has 0 heterocycles. The van der Waals surface area contributed by atoms with E-state index in [9.17, 15) is 0 Å². The van der Waals surface area contributed by atoms with Crippen molar-refractivity contribution in [2.45, 2.75) is 36.1 Å². The molecule has 0 amide bonds. The number of halogens is 2. The number of aliphatic hydroxyl groups is 1. The average Bonchev–Trinajstić information content (AvgIpc) is 1.83. The zero-order valence-electron chi connectivity index (χ0n) is 5.06. The van der Waals surface area contributed by atoms with Crippen LogP contribution in [-0.4, -0.2) is 22.0 Å². The smallest absolute Gasteiger partial charge is 0.0758 e. The second-order valence-electron chi connectivity index (χ2n) is 2.46. The van der Waals surface area contributed by atoms with Crippen LogP contribution in [0.25, 0.3) is 0 Å². The van der Waals surface area contributed by atoms with Crippen LogP contribution in [-0.2, 0) is 0 Å². The summed E-state index contributed by atoms with van der Waals surface area (Å²) in [6.45, 7) is 0. The highest BCUT2D eigenvalue weighted by Gasteiger charge is 2.28. The van der Waals surface area contributed by atoms with Crippen molar-refractivity contribution in [1.82, 2.24) is 0 Å². The van der Waals surface area contributed by atoms with Crippen LogP contribution in [0.2, 0.25) is 0 Å². The summed E-state index contributed by atoms with van der Waals surface area (Å²) in [6.07, 6.45) is 2.35. The van der Waals surface area contributed by atoms with Gasteiger partial charge in [0.25, 0.3) is 0 Å². The summed E-state index contributed by atoms with van der Waals surface area (Å²) in [4.78, 5) is 0. The van der Waals surface area contributed by atoms with Gasteiger partial charge in [-0.25, -0.2) is 0 Å². The van der Waals surface area contributed by atoms with E-state index in [2.05, 4.69) is 0 Å². The molecule has 54 valence electrons. The molecular weight excluding hydrogens is 159 g/mol. The third-order valence-corrected chi connectivity index (χ3v) is 2.91. The SMILES string of the molecule is OC1CCC[C@@H](Cl)[C@@H]1Cl. The van der Waals surface area contributed by atoms with E-state index in [0.717, 1.165) is 19.3 Å². The van der Waals surface area contributed by atoms with E-state index >= 15 is 0 Å². The molecule has 0 spiro atoms. The van der Waals surface area contributed by atoms with Crippen molar-refractivity contribution in [3.63, 3.8) is 0 Å². The summed E-state index contributed by atoms with van der Waals surface area (Å²) in [6, 6.07) is 0. The van der Waals surface area contributed by atoms with Gasteiger partial charge in [-0.2, -0.15) is 0 Å². The Morgan fingerprint density at radius 3 is 2.33 bits per heavy atom. The molecule has 1 saturated carbocycles. The summed E-state index contributed by atoms with van der Waals surface area (Å²) in [7, 11) is 0. The first-order valence-electron chi connectivity index (χ1n) is 3.18. The molecule has 1 unspecified atom stereocenters. The molecule has 1 aliphatic carbocycles. The van der Waals surface area contributed by atoms with E-state index in [1.165, 1.54) is 0 Å². The van der Waals surface area contributed by atoms with E-state index in [-0.39, 0.29) is 16.9 Å². The van der Waals surface area contributed by atoms with Gasteiger partial charge in [-0.3, -0.25) is 0 Å². The quantitative estimate of drug-likeness (QED) is 0.547. The van der Waals surface area contributed by atoms with Crippen LogP contribution >= 0.6 is 23.2 Å². The van der Waals surface area contributed by atoms with E-state index in [4.69, 9.17) is 28.3 Å². The number of hydrogen-bond acceptors (Lipinski definition) is 1. The maximum Gasteiger partial charge on any atom is 0.0758 e. The van der Waals surface area contributed by atoms with Crippen LogP contribution in [0.5, 0.6) is 0 Å². The van der Waals surface area contributed by atoms with Crippen molar-refractivity contribution >= 4 is 23.2 Å². The highest BCUT2D eigenvalue weighted by atomic mass is 35.5. The minimum Gasteiger partial charge on any atom is -0.392 e. The molecule has 0 saturated heterocycles. The molecule has 0 aromatic heterocycles. The number of hydrogen-bond donors (Lipinski definition) is 1. The summed E-state index contributed by atoms with van der Waals surface area (Å²) in [5.41, 5.74) is 0. The van der Waals surface area contributed by atoms with Gasteiger partial charge >= 0.3 is 0 Å². The molecule has 1 N–H and O–H groups in total. The molecule has 9 heavy (non-hydrogen) atoms. The third kappa shape index (κ3) is 1.73. The second-order valence-corrected chi connectivity index (χ2v) is 3.52. The molecule has 3 atom stereocenters. The summed E-state index contributed by atoms with van der Waals surface area (Å²) < 4.78 is 0. The number of aliphatic hydroxyl groups excluding tert-OH is 1. The van der Waals surface area contributed by atoms with E-state index < -0.39 is 0 Å². The third-order valence-electron chi connectivity index (χ3n) is 1.69. The van der Waals surface area contributed by atoms with Crippen molar-refractivity contribution in [3.05, 3.63) is 0 Å². The summed E-state index contributed by atoms with van der Waals surface area (Å²) in [5, 5.41) is 8.86. The Labute approximate surface area is 65.0 Å². The van der Waals surface area contributed by atoms with Gasteiger partial charge in [0.15, 0.2) is 0 Å². The second kappa shape index (κ2) is 3.09. The van der Waals surface area contributed by atoms with E-state index in [1.54, 1.807) is 0 Å². The van der Waals surface area contributed by atoms with Crippen molar-refractivity contribution < 1.29 is 5.11 Å². The lowest BCUT2D eigenvalue weighted by molar-refractivity contribution is 0.136. The monoisotopic (exact) mass is 168 g/mol. The molecule has 0 aromatic rings.